The van der Waals surface area contributed by atoms with Gasteiger partial charge in [-0.15, -0.1) is 0 Å². The molecule has 3 rings (SSSR count). The Hall–Kier alpha value is -1.12. The molecule has 0 radical (unpaired) electrons. The quantitative estimate of drug-likeness (QED) is 0.865. The van der Waals surface area contributed by atoms with Crippen LogP contribution in [0.1, 0.15) is 24.8 Å². The van der Waals surface area contributed by atoms with Crippen LogP contribution < -0.4 is 0 Å². The number of fused-ring (bicyclic) bond motifs is 2. The highest BCUT2D eigenvalue weighted by Gasteiger charge is 2.51. The molecule has 1 N–H and O–H groups in total. The Kier molecular flexibility index (Phi) is 2.77. The lowest BCUT2D eigenvalue weighted by molar-refractivity contribution is -0.0405. The van der Waals surface area contributed by atoms with E-state index in [1.54, 1.807) is 0 Å². The molecule has 2 fully saturated rings. The maximum absolute atomic E-state index is 9.55. The zero-order valence-electron chi connectivity index (χ0n) is 9.88. The highest BCUT2D eigenvalue weighted by Crippen LogP contribution is 2.48. The van der Waals surface area contributed by atoms with E-state index in [1.807, 2.05) is 18.2 Å². The van der Waals surface area contributed by atoms with Crippen LogP contribution in [0, 0.1) is 5.92 Å². The van der Waals surface area contributed by atoms with Gasteiger partial charge in [-0.25, -0.2) is 0 Å². The van der Waals surface area contributed by atoms with Crippen molar-refractivity contribution in [2.24, 2.45) is 5.92 Å². The van der Waals surface area contributed by atoms with Crippen molar-refractivity contribution in [3.05, 3.63) is 42.0 Å². The molecule has 0 unspecified atom stereocenters. The van der Waals surface area contributed by atoms with E-state index in [-0.39, 0.29) is 12.2 Å². The predicted molar refractivity (Wildman–Crippen MR) is 67.5 cm³/mol. The Morgan fingerprint density at radius 3 is 2.88 bits per heavy atom. The molecule has 0 spiro atoms. The number of benzene rings is 1. The zero-order chi connectivity index (χ0) is 11.7. The van der Waals surface area contributed by atoms with Gasteiger partial charge >= 0.3 is 0 Å². The Morgan fingerprint density at radius 1 is 1.35 bits per heavy atom. The van der Waals surface area contributed by atoms with Crippen LogP contribution in [0.4, 0.5) is 0 Å². The first-order valence-corrected chi connectivity index (χ1v) is 6.34. The van der Waals surface area contributed by atoms with Gasteiger partial charge in [0.2, 0.25) is 0 Å². The molecule has 2 aliphatic rings. The minimum absolute atomic E-state index is 0.146. The first-order valence-electron chi connectivity index (χ1n) is 6.34. The number of ether oxygens (including phenoxy) is 1. The van der Waals surface area contributed by atoms with E-state index in [0.717, 1.165) is 19.3 Å². The summed E-state index contributed by atoms with van der Waals surface area (Å²) in [5.74, 6) is 0.367. The summed E-state index contributed by atoms with van der Waals surface area (Å²) in [5.41, 5.74) is 0.930. The van der Waals surface area contributed by atoms with Gasteiger partial charge in [0.25, 0.3) is 0 Å². The summed E-state index contributed by atoms with van der Waals surface area (Å²) in [5, 5.41) is 9.55. The highest BCUT2D eigenvalue weighted by molar-refractivity contribution is 5.49. The van der Waals surface area contributed by atoms with Crippen molar-refractivity contribution in [1.29, 1.82) is 0 Å². The summed E-state index contributed by atoms with van der Waals surface area (Å²) >= 11 is 0. The summed E-state index contributed by atoms with van der Waals surface area (Å²) in [7, 11) is 0. The lowest BCUT2D eigenvalue weighted by Gasteiger charge is -2.28. The Bertz CT molecular complexity index is 412. The van der Waals surface area contributed by atoms with Crippen LogP contribution in [-0.2, 0) is 4.74 Å². The Morgan fingerprint density at radius 2 is 2.18 bits per heavy atom. The fourth-order valence-electron chi connectivity index (χ4n) is 3.07. The van der Waals surface area contributed by atoms with Crippen LogP contribution in [0.3, 0.4) is 0 Å². The van der Waals surface area contributed by atoms with E-state index < -0.39 is 0 Å². The molecule has 2 bridgehead atoms. The van der Waals surface area contributed by atoms with Crippen molar-refractivity contribution in [2.45, 2.75) is 31.0 Å². The minimum Gasteiger partial charge on any atom is -0.393 e. The maximum Gasteiger partial charge on any atom is 0.0979 e. The molecule has 2 aliphatic heterocycles. The number of aliphatic hydroxyl groups excluding tert-OH is 1. The summed E-state index contributed by atoms with van der Waals surface area (Å²) in [6.07, 6.45) is 7.89. The largest absolute Gasteiger partial charge is 0.393 e. The van der Waals surface area contributed by atoms with Gasteiger partial charge in [0.1, 0.15) is 0 Å². The third-order valence-electron chi connectivity index (χ3n) is 4.07. The SMILES string of the molecule is OC[C@@]12CC[C@@H](C[C@@H]1/C=C/c1ccccc1)O2. The topological polar surface area (TPSA) is 29.5 Å². The van der Waals surface area contributed by atoms with Gasteiger partial charge in [-0.2, -0.15) is 0 Å². The minimum atomic E-state index is -0.282. The first kappa shape index (κ1) is 11.0. The van der Waals surface area contributed by atoms with Crippen LogP contribution >= 0.6 is 0 Å². The molecule has 2 heterocycles. The van der Waals surface area contributed by atoms with Crippen LogP contribution in [0.2, 0.25) is 0 Å². The van der Waals surface area contributed by atoms with Crippen molar-refractivity contribution >= 4 is 6.08 Å². The molecule has 1 aromatic rings. The number of aliphatic hydroxyl groups is 1. The van der Waals surface area contributed by atoms with Gasteiger partial charge < -0.3 is 9.84 Å². The van der Waals surface area contributed by atoms with E-state index in [9.17, 15) is 5.11 Å². The molecule has 0 amide bonds. The molecular weight excluding hydrogens is 212 g/mol. The second-order valence-corrected chi connectivity index (χ2v) is 5.11. The summed E-state index contributed by atoms with van der Waals surface area (Å²) in [6, 6.07) is 10.3. The third kappa shape index (κ3) is 1.92. The lowest BCUT2D eigenvalue weighted by Crippen LogP contribution is -2.36. The van der Waals surface area contributed by atoms with Crippen LogP contribution in [0.15, 0.2) is 36.4 Å². The van der Waals surface area contributed by atoms with Crippen molar-refractivity contribution in [3.63, 3.8) is 0 Å². The average Bonchev–Trinajstić information content (AvgIpc) is 2.96. The fraction of sp³-hybridized carbons (Fsp3) is 0.467. The van der Waals surface area contributed by atoms with Gasteiger partial charge in [0.15, 0.2) is 0 Å². The van der Waals surface area contributed by atoms with E-state index >= 15 is 0 Å². The van der Waals surface area contributed by atoms with E-state index in [2.05, 4.69) is 24.3 Å². The Balaban J connectivity index is 1.76. The van der Waals surface area contributed by atoms with E-state index in [4.69, 9.17) is 4.74 Å². The number of rotatable bonds is 3. The zero-order valence-corrected chi connectivity index (χ0v) is 9.88. The first-order chi connectivity index (χ1) is 8.32. The molecule has 0 aliphatic carbocycles. The van der Waals surface area contributed by atoms with Crippen molar-refractivity contribution in [3.8, 4) is 0 Å². The summed E-state index contributed by atoms with van der Waals surface area (Å²) in [6.45, 7) is 0.146. The third-order valence-corrected chi connectivity index (χ3v) is 4.07. The molecule has 1 aromatic carbocycles. The molecule has 90 valence electrons. The van der Waals surface area contributed by atoms with E-state index in [1.165, 1.54) is 5.56 Å². The average molecular weight is 230 g/mol. The van der Waals surface area contributed by atoms with Gasteiger partial charge in [0, 0.05) is 5.92 Å². The number of hydrogen-bond donors (Lipinski definition) is 1. The summed E-state index contributed by atoms with van der Waals surface area (Å²) in [4.78, 5) is 0. The van der Waals surface area contributed by atoms with Crippen molar-refractivity contribution in [2.75, 3.05) is 6.61 Å². The lowest BCUT2D eigenvalue weighted by atomic mass is 9.78. The van der Waals surface area contributed by atoms with Gasteiger partial charge in [0.05, 0.1) is 18.3 Å². The Labute approximate surface area is 102 Å². The molecule has 17 heavy (non-hydrogen) atoms. The predicted octanol–water partition coefficient (Wildman–Crippen LogP) is 2.63. The monoisotopic (exact) mass is 230 g/mol. The molecule has 3 atom stereocenters. The van der Waals surface area contributed by atoms with Crippen molar-refractivity contribution < 1.29 is 9.84 Å². The molecule has 0 aromatic heterocycles. The maximum atomic E-state index is 9.55. The normalized spacial score (nSPS) is 35.8. The molecule has 0 saturated carbocycles. The number of hydrogen-bond acceptors (Lipinski definition) is 2. The fourth-order valence-corrected chi connectivity index (χ4v) is 3.07. The van der Waals surface area contributed by atoms with Crippen LogP contribution in [-0.4, -0.2) is 23.4 Å². The van der Waals surface area contributed by atoms with Gasteiger partial charge in [-0.3, -0.25) is 0 Å². The van der Waals surface area contributed by atoms with Gasteiger partial charge in [-0.05, 0) is 24.8 Å². The molecular formula is C15H18O2. The standard InChI is InChI=1S/C15H18O2/c16-11-15-9-8-14(17-15)10-13(15)7-6-12-4-2-1-3-5-12/h1-7,13-14,16H,8-11H2/b7-6+/t13-,14-,15-/m0/s1. The van der Waals surface area contributed by atoms with Crippen molar-refractivity contribution in [1.82, 2.24) is 0 Å². The van der Waals surface area contributed by atoms with Crippen LogP contribution in [0.5, 0.6) is 0 Å². The molecule has 2 nitrogen and oxygen atoms in total. The van der Waals surface area contributed by atoms with Crippen LogP contribution in [0.25, 0.3) is 6.08 Å². The molecule has 2 saturated heterocycles. The molecule has 2 heteroatoms. The second-order valence-electron chi connectivity index (χ2n) is 5.11. The highest BCUT2D eigenvalue weighted by atomic mass is 16.5. The van der Waals surface area contributed by atoms with Gasteiger partial charge in [-0.1, -0.05) is 42.5 Å². The summed E-state index contributed by atoms with van der Waals surface area (Å²) < 4.78 is 5.91. The second kappa shape index (κ2) is 4.28. The smallest absolute Gasteiger partial charge is 0.0979 e. The van der Waals surface area contributed by atoms with E-state index in [0.29, 0.717) is 12.0 Å².